The Bertz CT molecular complexity index is 436. The maximum Gasteiger partial charge on any atom is 0.229 e. The van der Waals surface area contributed by atoms with Crippen LogP contribution >= 0.6 is 0 Å². The van der Waals surface area contributed by atoms with Gasteiger partial charge in [0.25, 0.3) is 0 Å². The van der Waals surface area contributed by atoms with Gasteiger partial charge in [-0.05, 0) is 51.5 Å². The molecule has 1 aliphatic rings. The van der Waals surface area contributed by atoms with Gasteiger partial charge in [0.05, 0.1) is 12.5 Å². The summed E-state index contributed by atoms with van der Waals surface area (Å²) in [5.41, 5.74) is 2.04. The topological polar surface area (TPSA) is 41.6 Å². The van der Waals surface area contributed by atoms with E-state index in [0.29, 0.717) is 19.3 Å². The van der Waals surface area contributed by atoms with Crippen molar-refractivity contribution in [2.75, 3.05) is 30.0 Å². The Hall–Kier alpha value is -1.55. The van der Waals surface area contributed by atoms with Gasteiger partial charge in [-0.3, -0.25) is 4.79 Å². The molecule has 1 heterocycles. The van der Waals surface area contributed by atoms with Gasteiger partial charge in [-0.25, -0.2) is 0 Å². The van der Waals surface area contributed by atoms with Crippen LogP contribution in [0.3, 0.4) is 0 Å². The predicted octanol–water partition coefficient (Wildman–Crippen LogP) is 2.90. The third-order valence-electron chi connectivity index (χ3n) is 3.73. The molecule has 1 N–H and O–H groups in total. The van der Waals surface area contributed by atoms with Crippen LogP contribution in [0.2, 0.25) is 0 Å². The quantitative estimate of drug-likeness (QED) is 0.899. The first kappa shape index (κ1) is 14.9. The minimum absolute atomic E-state index is 0.00233. The summed E-state index contributed by atoms with van der Waals surface area (Å²) >= 11 is 0. The van der Waals surface area contributed by atoms with Crippen molar-refractivity contribution in [2.24, 2.45) is 5.92 Å². The zero-order valence-electron chi connectivity index (χ0n) is 12.6. The number of amides is 1. The molecule has 1 atom stereocenters. The smallest absolute Gasteiger partial charge is 0.229 e. The minimum Gasteiger partial charge on any atom is -0.381 e. The van der Waals surface area contributed by atoms with Gasteiger partial charge in [-0.2, -0.15) is 0 Å². The first-order valence-corrected chi connectivity index (χ1v) is 7.37. The van der Waals surface area contributed by atoms with Crippen molar-refractivity contribution >= 4 is 17.3 Å². The molecule has 20 heavy (non-hydrogen) atoms. The van der Waals surface area contributed by atoms with E-state index in [2.05, 4.69) is 43.1 Å². The number of hydrogen-bond acceptors (Lipinski definition) is 3. The van der Waals surface area contributed by atoms with Crippen molar-refractivity contribution in [3.63, 3.8) is 0 Å². The van der Waals surface area contributed by atoms with Crippen LogP contribution in [0, 0.1) is 5.92 Å². The van der Waals surface area contributed by atoms with Gasteiger partial charge < -0.3 is 15.0 Å². The average Bonchev–Trinajstić information content (AvgIpc) is 2.95. The number of rotatable bonds is 5. The van der Waals surface area contributed by atoms with Crippen molar-refractivity contribution in [3.05, 3.63) is 24.3 Å². The molecule has 110 valence electrons. The molecule has 1 aromatic rings. The van der Waals surface area contributed by atoms with E-state index in [1.807, 2.05) is 12.1 Å². The van der Waals surface area contributed by atoms with Crippen LogP contribution < -0.4 is 10.2 Å². The van der Waals surface area contributed by atoms with Gasteiger partial charge in [0.15, 0.2) is 0 Å². The van der Waals surface area contributed by atoms with Crippen LogP contribution in [0.4, 0.5) is 11.4 Å². The van der Waals surface area contributed by atoms with Gasteiger partial charge in [0.2, 0.25) is 5.91 Å². The molecular weight excluding hydrogens is 252 g/mol. The number of hydrogen-bond donors (Lipinski definition) is 1. The van der Waals surface area contributed by atoms with Gasteiger partial charge >= 0.3 is 0 Å². The largest absolute Gasteiger partial charge is 0.381 e. The van der Waals surface area contributed by atoms with Gasteiger partial charge in [-0.15, -0.1) is 0 Å². The SMILES string of the molecule is CCN(c1ccc(NC(=O)[C@@H]2CCOC2)cc1)C(C)C. The molecule has 2 rings (SSSR count). The summed E-state index contributed by atoms with van der Waals surface area (Å²) < 4.78 is 5.24. The standard InChI is InChI=1S/C16H24N2O2/c1-4-18(12(2)3)15-7-5-14(6-8-15)17-16(19)13-9-10-20-11-13/h5-8,12-13H,4,9-11H2,1-3H3,(H,17,19)/t13-/m1/s1. The lowest BCUT2D eigenvalue weighted by atomic mass is 10.1. The van der Waals surface area contributed by atoms with Crippen LogP contribution in [0.5, 0.6) is 0 Å². The first-order chi connectivity index (χ1) is 9.61. The Morgan fingerprint density at radius 3 is 2.60 bits per heavy atom. The molecule has 0 bridgehead atoms. The Balaban J connectivity index is 1.99. The van der Waals surface area contributed by atoms with Gasteiger partial charge in [-0.1, -0.05) is 0 Å². The number of ether oxygens (including phenoxy) is 1. The summed E-state index contributed by atoms with van der Waals surface area (Å²) in [5.74, 6) is 0.0592. The Labute approximate surface area is 121 Å². The summed E-state index contributed by atoms with van der Waals surface area (Å²) in [6, 6.07) is 8.52. The number of carbonyl (C=O) groups is 1. The second-order valence-electron chi connectivity index (χ2n) is 5.48. The Morgan fingerprint density at radius 1 is 1.40 bits per heavy atom. The zero-order valence-corrected chi connectivity index (χ0v) is 12.6. The molecule has 0 unspecified atom stereocenters. The summed E-state index contributed by atoms with van der Waals surface area (Å²) in [7, 11) is 0. The summed E-state index contributed by atoms with van der Waals surface area (Å²) in [6.45, 7) is 8.72. The van der Waals surface area contributed by atoms with Gasteiger partial charge in [0, 0.05) is 30.6 Å². The van der Waals surface area contributed by atoms with E-state index in [9.17, 15) is 4.79 Å². The third-order valence-corrected chi connectivity index (χ3v) is 3.73. The number of anilines is 2. The molecule has 1 amide bonds. The molecule has 0 saturated carbocycles. The van der Waals surface area contributed by atoms with E-state index in [0.717, 1.165) is 18.7 Å². The monoisotopic (exact) mass is 276 g/mol. The van der Waals surface area contributed by atoms with E-state index >= 15 is 0 Å². The van der Waals surface area contributed by atoms with Crippen molar-refractivity contribution in [2.45, 2.75) is 33.2 Å². The molecule has 0 aliphatic carbocycles. The lowest BCUT2D eigenvalue weighted by molar-refractivity contribution is -0.119. The Morgan fingerprint density at radius 2 is 2.10 bits per heavy atom. The van der Waals surface area contributed by atoms with E-state index < -0.39 is 0 Å². The minimum atomic E-state index is -0.00233. The molecular formula is C16H24N2O2. The zero-order chi connectivity index (χ0) is 14.5. The summed E-state index contributed by atoms with van der Waals surface area (Å²) in [4.78, 5) is 14.3. The molecule has 1 fully saturated rings. The number of nitrogens with zero attached hydrogens (tertiary/aromatic N) is 1. The lowest BCUT2D eigenvalue weighted by Crippen LogP contribution is -2.30. The predicted molar refractivity (Wildman–Crippen MR) is 82.2 cm³/mol. The summed E-state index contributed by atoms with van der Waals surface area (Å²) in [6.07, 6.45) is 0.820. The number of benzene rings is 1. The highest BCUT2D eigenvalue weighted by molar-refractivity contribution is 5.92. The van der Waals surface area contributed by atoms with E-state index in [-0.39, 0.29) is 11.8 Å². The molecule has 1 aliphatic heterocycles. The van der Waals surface area contributed by atoms with Crippen molar-refractivity contribution in [1.29, 1.82) is 0 Å². The highest BCUT2D eigenvalue weighted by Crippen LogP contribution is 2.21. The van der Waals surface area contributed by atoms with Gasteiger partial charge in [0.1, 0.15) is 0 Å². The van der Waals surface area contributed by atoms with Crippen LogP contribution in [0.15, 0.2) is 24.3 Å². The van der Waals surface area contributed by atoms with Crippen LogP contribution in [-0.4, -0.2) is 31.7 Å². The van der Waals surface area contributed by atoms with Crippen LogP contribution in [0.1, 0.15) is 27.2 Å². The molecule has 0 radical (unpaired) electrons. The second-order valence-corrected chi connectivity index (χ2v) is 5.48. The first-order valence-electron chi connectivity index (χ1n) is 7.37. The molecule has 0 spiro atoms. The van der Waals surface area contributed by atoms with Crippen molar-refractivity contribution < 1.29 is 9.53 Å². The molecule has 0 aromatic heterocycles. The molecule has 4 heteroatoms. The normalized spacial score (nSPS) is 18.3. The van der Waals surface area contributed by atoms with E-state index in [1.165, 1.54) is 5.69 Å². The van der Waals surface area contributed by atoms with E-state index in [1.54, 1.807) is 0 Å². The Kier molecular flexibility index (Phi) is 5.01. The molecule has 4 nitrogen and oxygen atoms in total. The number of carbonyl (C=O) groups excluding carboxylic acids is 1. The molecule has 1 saturated heterocycles. The fourth-order valence-electron chi connectivity index (χ4n) is 2.57. The third kappa shape index (κ3) is 3.51. The maximum absolute atomic E-state index is 12.0. The summed E-state index contributed by atoms with van der Waals surface area (Å²) in [5, 5.41) is 2.96. The average molecular weight is 276 g/mol. The lowest BCUT2D eigenvalue weighted by Gasteiger charge is -2.27. The van der Waals surface area contributed by atoms with Crippen molar-refractivity contribution in [1.82, 2.24) is 0 Å². The van der Waals surface area contributed by atoms with E-state index in [4.69, 9.17) is 4.74 Å². The second kappa shape index (κ2) is 6.75. The highest BCUT2D eigenvalue weighted by Gasteiger charge is 2.23. The fraction of sp³-hybridized carbons (Fsp3) is 0.562. The highest BCUT2D eigenvalue weighted by atomic mass is 16.5. The molecule has 1 aromatic carbocycles. The fourth-order valence-corrected chi connectivity index (χ4v) is 2.57. The van der Waals surface area contributed by atoms with Crippen LogP contribution in [-0.2, 0) is 9.53 Å². The van der Waals surface area contributed by atoms with Crippen molar-refractivity contribution in [3.8, 4) is 0 Å². The maximum atomic E-state index is 12.0. The number of nitrogens with one attached hydrogen (secondary N) is 1. The van der Waals surface area contributed by atoms with Crippen LogP contribution in [0.25, 0.3) is 0 Å².